The van der Waals surface area contributed by atoms with E-state index in [4.69, 9.17) is 4.74 Å². The van der Waals surface area contributed by atoms with Crippen molar-refractivity contribution >= 4 is 21.7 Å². The minimum atomic E-state index is -0.195. The Kier molecular flexibility index (Phi) is 4.77. The van der Waals surface area contributed by atoms with Gasteiger partial charge in [-0.05, 0) is 22.4 Å². The fourth-order valence-corrected chi connectivity index (χ4v) is 1.47. The molecule has 1 aromatic rings. The fourth-order valence-electron chi connectivity index (χ4n) is 1.14. The van der Waals surface area contributed by atoms with Gasteiger partial charge in [-0.15, -0.1) is 0 Å². The van der Waals surface area contributed by atoms with E-state index in [0.29, 0.717) is 16.9 Å². The molecule has 2 N–H and O–H groups in total. The van der Waals surface area contributed by atoms with Crippen molar-refractivity contribution in [2.24, 2.45) is 0 Å². The number of H-pyrrole nitrogens is 1. The normalized spacial score (nSPS) is 12.5. The molecule has 0 spiro atoms. The summed E-state index contributed by atoms with van der Waals surface area (Å²) < 4.78 is 5.46. The van der Waals surface area contributed by atoms with Crippen LogP contribution < -0.4 is 10.9 Å². The Hall–Kier alpha value is -0.880. The SMILES string of the molecule is CCC(COC)Nc1nc[nH]c(=O)c1Br. The summed E-state index contributed by atoms with van der Waals surface area (Å²) >= 11 is 3.18. The Morgan fingerprint density at radius 2 is 2.47 bits per heavy atom. The van der Waals surface area contributed by atoms with Crippen molar-refractivity contribution in [3.8, 4) is 0 Å². The van der Waals surface area contributed by atoms with Crippen LogP contribution in [0.1, 0.15) is 13.3 Å². The van der Waals surface area contributed by atoms with Crippen LogP contribution in [0.25, 0.3) is 0 Å². The molecule has 0 aliphatic rings. The molecule has 84 valence electrons. The lowest BCUT2D eigenvalue weighted by Crippen LogP contribution is -2.26. The molecule has 0 radical (unpaired) electrons. The van der Waals surface area contributed by atoms with Crippen LogP contribution in [0.2, 0.25) is 0 Å². The lowest BCUT2D eigenvalue weighted by molar-refractivity contribution is 0.184. The molecule has 1 atom stereocenters. The van der Waals surface area contributed by atoms with E-state index in [1.165, 1.54) is 6.33 Å². The molecule has 0 saturated heterocycles. The molecular weight excluding hydrogens is 262 g/mol. The first-order valence-electron chi connectivity index (χ1n) is 4.67. The molecule has 0 fully saturated rings. The van der Waals surface area contributed by atoms with Crippen LogP contribution >= 0.6 is 15.9 Å². The number of aromatic nitrogens is 2. The number of methoxy groups -OCH3 is 1. The molecule has 1 aromatic heterocycles. The van der Waals surface area contributed by atoms with Crippen molar-refractivity contribution in [3.63, 3.8) is 0 Å². The van der Waals surface area contributed by atoms with Crippen LogP contribution in [0.4, 0.5) is 5.82 Å². The molecular formula is C9H14BrN3O2. The van der Waals surface area contributed by atoms with Gasteiger partial charge in [-0.25, -0.2) is 4.98 Å². The van der Waals surface area contributed by atoms with Crippen LogP contribution in [0.5, 0.6) is 0 Å². The number of hydrogen-bond acceptors (Lipinski definition) is 4. The van der Waals surface area contributed by atoms with E-state index < -0.39 is 0 Å². The van der Waals surface area contributed by atoms with Gasteiger partial charge in [0.2, 0.25) is 0 Å². The number of nitrogens with one attached hydrogen (secondary N) is 2. The van der Waals surface area contributed by atoms with Crippen LogP contribution in [0.3, 0.4) is 0 Å². The maximum absolute atomic E-state index is 11.3. The van der Waals surface area contributed by atoms with E-state index in [2.05, 4.69) is 31.2 Å². The van der Waals surface area contributed by atoms with Crippen molar-refractivity contribution in [2.75, 3.05) is 19.0 Å². The summed E-state index contributed by atoms with van der Waals surface area (Å²) in [5.74, 6) is 0.544. The van der Waals surface area contributed by atoms with Gasteiger partial charge in [0.15, 0.2) is 0 Å². The molecule has 6 heteroatoms. The largest absolute Gasteiger partial charge is 0.383 e. The maximum atomic E-state index is 11.3. The average Bonchev–Trinajstić information content (AvgIpc) is 2.24. The third-order valence-corrected chi connectivity index (χ3v) is 2.73. The molecule has 0 aliphatic carbocycles. The third kappa shape index (κ3) is 3.32. The smallest absolute Gasteiger partial charge is 0.267 e. The second kappa shape index (κ2) is 5.87. The molecule has 1 unspecified atom stereocenters. The van der Waals surface area contributed by atoms with Crippen molar-refractivity contribution in [3.05, 3.63) is 21.2 Å². The molecule has 5 nitrogen and oxygen atoms in total. The van der Waals surface area contributed by atoms with Crippen LogP contribution in [-0.4, -0.2) is 29.7 Å². The zero-order valence-electron chi connectivity index (χ0n) is 8.71. The van der Waals surface area contributed by atoms with Crippen LogP contribution in [0, 0.1) is 0 Å². The molecule has 0 amide bonds. The molecule has 1 rings (SSSR count). The Bertz CT molecular complexity index is 367. The highest BCUT2D eigenvalue weighted by molar-refractivity contribution is 9.10. The van der Waals surface area contributed by atoms with Crippen LogP contribution in [-0.2, 0) is 4.74 Å². The number of ether oxygens (including phenoxy) is 1. The summed E-state index contributed by atoms with van der Waals surface area (Å²) in [4.78, 5) is 17.8. The first-order valence-corrected chi connectivity index (χ1v) is 5.47. The summed E-state index contributed by atoms with van der Waals surface area (Å²) in [6.45, 7) is 2.62. The van der Waals surface area contributed by atoms with Crippen molar-refractivity contribution < 1.29 is 4.74 Å². The first-order chi connectivity index (χ1) is 7.19. The second-order valence-electron chi connectivity index (χ2n) is 3.10. The fraction of sp³-hybridized carbons (Fsp3) is 0.556. The van der Waals surface area contributed by atoms with E-state index in [1.54, 1.807) is 7.11 Å². The highest BCUT2D eigenvalue weighted by Crippen LogP contribution is 2.15. The molecule has 0 aliphatic heterocycles. The molecule has 0 bridgehead atoms. The van der Waals surface area contributed by atoms with E-state index in [0.717, 1.165) is 6.42 Å². The van der Waals surface area contributed by atoms with Crippen LogP contribution in [0.15, 0.2) is 15.6 Å². The van der Waals surface area contributed by atoms with Gasteiger partial charge in [0, 0.05) is 7.11 Å². The van der Waals surface area contributed by atoms with Crippen molar-refractivity contribution in [2.45, 2.75) is 19.4 Å². The summed E-state index contributed by atoms with van der Waals surface area (Å²) in [5, 5.41) is 3.14. The summed E-state index contributed by atoms with van der Waals surface area (Å²) in [7, 11) is 1.64. The molecule has 0 aromatic carbocycles. The van der Waals surface area contributed by atoms with Gasteiger partial charge in [-0.1, -0.05) is 6.92 Å². The molecule has 0 saturated carbocycles. The second-order valence-corrected chi connectivity index (χ2v) is 3.89. The van der Waals surface area contributed by atoms with Gasteiger partial charge in [-0.2, -0.15) is 0 Å². The van der Waals surface area contributed by atoms with Gasteiger partial charge in [0.1, 0.15) is 10.3 Å². The Balaban J connectivity index is 2.79. The van der Waals surface area contributed by atoms with E-state index in [9.17, 15) is 4.79 Å². The lowest BCUT2D eigenvalue weighted by Gasteiger charge is -2.16. The zero-order valence-corrected chi connectivity index (χ0v) is 10.3. The number of rotatable bonds is 5. The van der Waals surface area contributed by atoms with E-state index >= 15 is 0 Å². The van der Waals surface area contributed by atoms with Gasteiger partial charge in [0.05, 0.1) is 19.0 Å². The number of nitrogens with zero attached hydrogens (tertiary/aromatic N) is 1. The first kappa shape index (κ1) is 12.2. The molecule has 15 heavy (non-hydrogen) atoms. The van der Waals surface area contributed by atoms with Crippen molar-refractivity contribution in [1.82, 2.24) is 9.97 Å². The molecule has 1 heterocycles. The Morgan fingerprint density at radius 1 is 1.73 bits per heavy atom. The summed E-state index contributed by atoms with van der Waals surface area (Å²) in [6.07, 6.45) is 2.27. The number of aromatic amines is 1. The highest BCUT2D eigenvalue weighted by atomic mass is 79.9. The predicted molar refractivity (Wildman–Crippen MR) is 62.1 cm³/mol. The van der Waals surface area contributed by atoms with E-state index in [-0.39, 0.29) is 11.6 Å². The lowest BCUT2D eigenvalue weighted by atomic mass is 10.2. The highest BCUT2D eigenvalue weighted by Gasteiger charge is 2.10. The third-order valence-electron chi connectivity index (χ3n) is 2.00. The number of hydrogen-bond donors (Lipinski definition) is 2. The standard InChI is InChI=1S/C9H14BrN3O2/c1-3-6(4-15-2)13-8-7(10)9(14)12-5-11-8/h5-6H,3-4H2,1-2H3,(H2,11,12,13,14). The van der Waals surface area contributed by atoms with Gasteiger partial charge in [-0.3, -0.25) is 4.79 Å². The van der Waals surface area contributed by atoms with Crippen molar-refractivity contribution in [1.29, 1.82) is 0 Å². The van der Waals surface area contributed by atoms with E-state index in [1.807, 2.05) is 6.92 Å². The number of anilines is 1. The Morgan fingerprint density at radius 3 is 3.07 bits per heavy atom. The van der Waals surface area contributed by atoms with Gasteiger partial charge in [0.25, 0.3) is 5.56 Å². The predicted octanol–water partition coefficient (Wildman–Crippen LogP) is 1.37. The monoisotopic (exact) mass is 275 g/mol. The topological polar surface area (TPSA) is 67.0 Å². The average molecular weight is 276 g/mol. The summed E-state index contributed by atoms with van der Waals surface area (Å²) in [6, 6.07) is 0.153. The minimum absolute atomic E-state index is 0.153. The minimum Gasteiger partial charge on any atom is -0.383 e. The zero-order chi connectivity index (χ0) is 11.3. The van der Waals surface area contributed by atoms with Gasteiger partial charge >= 0.3 is 0 Å². The summed E-state index contributed by atoms with van der Waals surface area (Å²) in [5.41, 5.74) is -0.195. The maximum Gasteiger partial charge on any atom is 0.267 e. The van der Waals surface area contributed by atoms with Gasteiger partial charge < -0.3 is 15.0 Å². The quantitative estimate of drug-likeness (QED) is 0.852. The number of halogens is 1. The Labute approximate surface area is 96.4 Å².